The average Bonchev–Trinajstić information content (AvgIpc) is 2.56. The molecule has 0 aliphatic carbocycles. The third-order valence-corrected chi connectivity index (χ3v) is 15.5. The summed E-state index contributed by atoms with van der Waals surface area (Å²) >= 11 is 0. The molecule has 0 aromatic carbocycles. The van der Waals surface area contributed by atoms with Crippen LogP contribution >= 0.6 is 0 Å². The normalized spacial score (nSPS) is 55.4. The van der Waals surface area contributed by atoms with E-state index in [1.165, 1.54) is 13.1 Å². The summed E-state index contributed by atoms with van der Waals surface area (Å²) in [6.07, 6.45) is 0.646. The van der Waals surface area contributed by atoms with Gasteiger partial charge in [-0.15, -0.1) is 0 Å². The van der Waals surface area contributed by atoms with Crippen molar-refractivity contribution in [3.8, 4) is 0 Å². The van der Waals surface area contributed by atoms with Crippen molar-refractivity contribution in [1.82, 2.24) is 0 Å². The summed E-state index contributed by atoms with van der Waals surface area (Å²) in [5.74, 6) is -0.300. The highest BCUT2D eigenvalue weighted by atomic mass is 28.5. The molecule has 0 spiro atoms. The molecule has 2 aliphatic heterocycles. The molecule has 30 heavy (non-hydrogen) atoms. The van der Waals surface area contributed by atoms with E-state index in [-0.39, 0.29) is 23.7 Å². The lowest BCUT2D eigenvalue weighted by Gasteiger charge is -2.51. The Morgan fingerprint density at radius 1 is 0.700 bits per heavy atom. The molecule has 0 saturated carbocycles. The minimum atomic E-state index is -4.57. The summed E-state index contributed by atoms with van der Waals surface area (Å²) in [5, 5.41) is 0. The Morgan fingerprint density at radius 2 is 1.13 bits per heavy atom. The molecule has 2 saturated heterocycles. The minimum Gasteiger partial charge on any atom is -0.390 e. The van der Waals surface area contributed by atoms with E-state index in [0.717, 1.165) is 0 Å². The predicted octanol–water partition coefficient (Wildman–Crippen LogP) is 2.90. The van der Waals surface area contributed by atoms with Crippen molar-refractivity contribution in [2.24, 2.45) is 23.7 Å². The van der Waals surface area contributed by atoms with Crippen LogP contribution in [0.1, 0.15) is 68.7 Å². The lowest BCUT2D eigenvalue weighted by atomic mass is 9.64. The van der Waals surface area contributed by atoms with Gasteiger partial charge in [-0.1, -0.05) is 34.6 Å². The molecule has 2 rings (SSSR count). The van der Waals surface area contributed by atoms with Gasteiger partial charge in [-0.2, -0.15) is 0 Å². The third-order valence-electron chi connectivity index (χ3n) is 7.93. The first kappa shape index (κ1) is 26.6. The molecule has 2 fully saturated rings. The van der Waals surface area contributed by atoms with E-state index in [1.54, 1.807) is 0 Å². The molecule has 3 N–H and O–H groups in total. The second kappa shape index (κ2) is 7.98. The molecule has 11 heteroatoms. The highest BCUT2D eigenvalue weighted by Crippen LogP contribution is 2.50. The summed E-state index contributed by atoms with van der Waals surface area (Å²) in [6, 6.07) is 0. The Hall–Kier alpha value is 0.331. The standard InChI is InChI=1S/C19H42O8Si3/c1-12-18(8)14(3)16(5)19(9)15(4)13(2)17(6,7)23-28(10,20)26-30(22,25-19)27-29(11,21)24-18/h13-16,20-22H,12H2,1-11H3. The van der Waals surface area contributed by atoms with Crippen LogP contribution in [0.15, 0.2) is 0 Å². The average molecular weight is 483 g/mol. The fraction of sp³-hybridized carbons (Fsp3) is 1.00. The molecule has 0 radical (unpaired) electrons. The number of hydrogen-bond donors (Lipinski definition) is 3. The van der Waals surface area contributed by atoms with Crippen molar-refractivity contribution in [3.05, 3.63) is 0 Å². The third kappa shape index (κ3) is 4.96. The molecular formula is C19H42O8Si3. The quantitative estimate of drug-likeness (QED) is 0.490. The minimum absolute atomic E-state index is 0.0383. The van der Waals surface area contributed by atoms with E-state index in [4.69, 9.17) is 21.5 Å². The van der Waals surface area contributed by atoms with E-state index in [9.17, 15) is 14.4 Å². The molecule has 2 aliphatic rings. The van der Waals surface area contributed by atoms with Crippen LogP contribution in [0.25, 0.3) is 0 Å². The zero-order valence-electron chi connectivity index (χ0n) is 20.4. The monoisotopic (exact) mass is 482 g/mol. The molecule has 0 amide bonds. The Bertz CT molecular complexity index is 647. The zero-order chi connectivity index (χ0) is 23.6. The lowest BCUT2D eigenvalue weighted by Crippen LogP contribution is -2.65. The van der Waals surface area contributed by atoms with Crippen molar-refractivity contribution in [2.75, 3.05) is 0 Å². The van der Waals surface area contributed by atoms with Gasteiger partial charge in [-0.05, 0) is 57.8 Å². The second-order valence-electron chi connectivity index (χ2n) is 10.4. The summed E-state index contributed by atoms with van der Waals surface area (Å²) in [5.41, 5.74) is -2.33. The maximum Gasteiger partial charge on any atom is 0.662 e. The van der Waals surface area contributed by atoms with Crippen LogP contribution in [0.5, 0.6) is 0 Å². The van der Waals surface area contributed by atoms with E-state index in [1.807, 2.05) is 34.6 Å². The van der Waals surface area contributed by atoms with Gasteiger partial charge >= 0.3 is 26.7 Å². The summed E-state index contributed by atoms with van der Waals surface area (Å²) in [7, 11) is -12.3. The Kier molecular flexibility index (Phi) is 7.07. The van der Waals surface area contributed by atoms with Gasteiger partial charge < -0.3 is 35.9 Å². The number of fused-ring (bicyclic) bond motifs is 2. The first-order valence-corrected chi connectivity index (χ1v) is 17.1. The van der Waals surface area contributed by atoms with Gasteiger partial charge in [-0.3, -0.25) is 0 Å². The van der Waals surface area contributed by atoms with Gasteiger partial charge in [0, 0.05) is 13.1 Å². The van der Waals surface area contributed by atoms with E-state index < -0.39 is 43.5 Å². The molecule has 2 bridgehead atoms. The topological polar surface area (TPSA) is 107 Å². The molecule has 8 nitrogen and oxygen atoms in total. The van der Waals surface area contributed by atoms with Crippen LogP contribution in [0.2, 0.25) is 13.1 Å². The Morgan fingerprint density at radius 3 is 1.60 bits per heavy atom. The highest BCUT2D eigenvalue weighted by Gasteiger charge is 2.65. The Labute approximate surface area is 185 Å². The molecule has 9 unspecified atom stereocenters. The lowest BCUT2D eigenvalue weighted by molar-refractivity contribution is -0.129. The maximum atomic E-state index is 11.5. The smallest absolute Gasteiger partial charge is 0.390 e. The molecule has 178 valence electrons. The first-order valence-electron chi connectivity index (χ1n) is 10.9. The van der Waals surface area contributed by atoms with E-state index >= 15 is 0 Å². The van der Waals surface area contributed by atoms with Crippen LogP contribution in [0.3, 0.4) is 0 Å². The molecule has 0 aromatic rings. The van der Waals surface area contributed by atoms with Gasteiger partial charge in [0.1, 0.15) is 0 Å². The Balaban J connectivity index is 2.76. The van der Waals surface area contributed by atoms with Crippen LogP contribution in [-0.4, -0.2) is 57.8 Å². The van der Waals surface area contributed by atoms with E-state index in [2.05, 4.69) is 27.7 Å². The fourth-order valence-electron chi connectivity index (χ4n) is 5.09. The van der Waals surface area contributed by atoms with Crippen LogP contribution in [0, 0.1) is 23.7 Å². The number of rotatable bonds is 1. The van der Waals surface area contributed by atoms with Crippen molar-refractivity contribution in [1.29, 1.82) is 0 Å². The second-order valence-corrected chi connectivity index (χ2v) is 17.3. The van der Waals surface area contributed by atoms with Crippen molar-refractivity contribution in [3.63, 3.8) is 0 Å². The van der Waals surface area contributed by atoms with Crippen LogP contribution in [0.4, 0.5) is 0 Å². The molecule has 0 aromatic heterocycles. The van der Waals surface area contributed by atoms with Gasteiger partial charge in [0.25, 0.3) is 0 Å². The van der Waals surface area contributed by atoms with Crippen molar-refractivity contribution < 1.29 is 35.9 Å². The zero-order valence-corrected chi connectivity index (χ0v) is 23.4. The van der Waals surface area contributed by atoms with Gasteiger partial charge in [0.15, 0.2) is 0 Å². The van der Waals surface area contributed by atoms with Gasteiger partial charge in [-0.25, -0.2) is 0 Å². The fourth-order valence-corrected chi connectivity index (χ4v) is 13.4. The molecule has 2 heterocycles. The van der Waals surface area contributed by atoms with Gasteiger partial charge in [0.05, 0.1) is 16.8 Å². The predicted molar refractivity (Wildman–Crippen MR) is 119 cm³/mol. The van der Waals surface area contributed by atoms with Gasteiger partial charge in [0.2, 0.25) is 0 Å². The summed E-state index contributed by atoms with van der Waals surface area (Å²) in [6.45, 7) is 20.9. The summed E-state index contributed by atoms with van der Waals surface area (Å²) in [4.78, 5) is 33.5. The van der Waals surface area contributed by atoms with Crippen LogP contribution in [-0.2, 0) is 21.5 Å². The largest absolute Gasteiger partial charge is 0.662 e. The molecular weight excluding hydrogens is 440 g/mol. The van der Waals surface area contributed by atoms with Crippen molar-refractivity contribution in [2.45, 2.75) is 98.6 Å². The van der Waals surface area contributed by atoms with Crippen molar-refractivity contribution >= 4 is 26.7 Å². The first-order chi connectivity index (χ1) is 13.2. The van der Waals surface area contributed by atoms with Crippen LogP contribution < -0.4 is 0 Å². The maximum absolute atomic E-state index is 11.5. The SMILES string of the molecule is CCC1(C)O[Si](C)(O)O[Si]2(O)OC(C)(C(C)C(C)C(C)(C)O[Si](C)(O)O2)C(C)C1C. The van der Waals surface area contributed by atoms with E-state index in [0.29, 0.717) is 6.42 Å². The summed E-state index contributed by atoms with van der Waals surface area (Å²) < 4.78 is 30.1. The number of hydrogen-bond acceptors (Lipinski definition) is 8. The molecule has 9 atom stereocenters. The highest BCUT2D eigenvalue weighted by molar-refractivity contribution is 6.76.